The third kappa shape index (κ3) is 4.89. The van der Waals surface area contributed by atoms with Crippen molar-refractivity contribution in [2.24, 2.45) is 0 Å². The highest BCUT2D eigenvalue weighted by Gasteiger charge is 2.16. The summed E-state index contributed by atoms with van der Waals surface area (Å²) in [7, 11) is 0. The van der Waals surface area contributed by atoms with Gasteiger partial charge in [-0.1, -0.05) is 30.0 Å². The summed E-state index contributed by atoms with van der Waals surface area (Å²) in [6.07, 6.45) is 4.04. The Hall–Kier alpha value is -3.92. The zero-order chi connectivity index (χ0) is 25.2. The molecule has 2 aromatic heterocycles. The third-order valence-corrected chi connectivity index (χ3v) is 7.95. The molecule has 0 atom stereocenters. The molecule has 5 aromatic rings. The van der Waals surface area contributed by atoms with E-state index in [1.54, 1.807) is 12.1 Å². The summed E-state index contributed by atoms with van der Waals surface area (Å²) in [6.45, 7) is 4.40. The van der Waals surface area contributed by atoms with Gasteiger partial charge in [0.15, 0.2) is 0 Å². The third-order valence-electron chi connectivity index (χ3n) is 7.01. The lowest BCUT2D eigenvalue weighted by atomic mass is 9.93. The van der Waals surface area contributed by atoms with Crippen LogP contribution in [0.5, 0.6) is 0 Å². The number of nitrogens with one attached hydrogen (secondary N) is 1. The van der Waals surface area contributed by atoms with Gasteiger partial charge in [-0.05, 0) is 59.5 Å². The minimum absolute atomic E-state index is 0.248. The number of carbonyl (C=O) groups is 1. The van der Waals surface area contributed by atoms with Crippen LogP contribution in [0.25, 0.3) is 32.9 Å². The molecule has 0 saturated carbocycles. The van der Waals surface area contributed by atoms with E-state index < -0.39 is 5.97 Å². The lowest BCUT2D eigenvalue weighted by Crippen LogP contribution is -2.34. The number of benzene rings is 3. The highest BCUT2D eigenvalue weighted by Crippen LogP contribution is 2.30. The van der Waals surface area contributed by atoms with Crippen molar-refractivity contribution >= 4 is 39.5 Å². The average Bonchev–Trinajstić information content (AvgIpc) is 3.57. The Morgan fingerprint density at radius 3 is 2.70 bits per heavy atom. The van der Waals surface area contributed by atoms with E-state index >= 15 is 0 Å². The lowest BCUT2D eigenvalue weighted by Gasteiger charge is -2.26. The largest absolute Gasteiger partial charge is 0.478 e. The number of aromatic carboxylic acids is 1. The van der Waals surface area contributed by atoms with E-state index in [2.05, 4.69) is 56.8 Å². The fraction of sp³-hybridized carbons (Fsp3) is 0.194. The molecule has 0 aliphatic carbocycles. The molecule has 2 N–H and O–H groups in total. The normalized spacial score (nSPS) is 14.1. The Morgan fingerprint density at radius 1 is 0.946 bits per heavy atom. The number of thioether (sulfide) groups is 1. The van der Waals surface area contributed by atoms with Crippen LogP contribution in [0.1, 0.15) is 21.5 Å². The fourth-order valence-electron chi connectivity index (χ4n) is 5.04. The topological polar surface area (TPSA) is 61.3 Å². The zero-order valence-corrected chi connectivity index (χ0v) is 21.2. The van der Waals surface area contributed by atoms with E-state index in [-0.39, 0.29) is 5.56 Å². The van der Waals surface area contributed by atoms with Gasteiger partial charge in [-0.2, -0.15) is 11.8 Å². The Kier molecular flexibility index (Phi) is 6.48. The van der Waals surface area contributed by atoms with Crippen LogP contribution in [-0.4, -0.2) is 56.7 Å². The SMILES string of the molecule is O=C(O)c1cccc(C#Cc2ccc3c(ccn3CCN3CCSCC3)c2)c1-c1ccc2cc[nH]c2c1. The van der Waals surface area contributed by atoms with Crippen LogP contribution in [0.15, 0.2) is 79.1 Å². The summed E-state index contributed by atoms with van der Waals surface area (Å²) in [6, 6.07) is 21.7. The van der Waals surface area contributed by atoms with Gasteiger partial charge in [0.1, 0.15) is 0 Å². The molecule has 0 unspecified atom stereocenters. The van der Waals surface area contributed by atoms with Crippen molar-refractivity contribution in [1.82, 2.24) is 14.5 Å². The van der Waals surface area contributed by atoms with Crippen LogP contribution in [-0.2, 0) is 6.54 Å². The van der Waals surface area contributed by atoms with Gasteiger partial charge in [0, 0.05) is 83.2 Å². The number of carboxylic acid groups (broad SMARTS) is 1. The van der Waals surface area contributed by atoms with Crippen molar-refractivity contribution in [2.45, 2.75) is 6.54 Å². The van der Waals surface area contributed by atoms with Crippen molar-refractivity contribution in [3.63, 3.8) is 0 Å². The lowest BCUT2D eigenvalue weighted by molar-refractivity contribution is 0.0697. The number of aromatic amines is 1. The summed E-state index contributed by atoms with van der Waals surface area (Å²) in [4.78, 5) is 17.8. The van der Waals surface area contributed by atoms with Crippen LogP contribution in [0.2, 0.25) is 0 Å². The first-order chi connectivity index (χ1) is 18.2. The van der Waals surface area contributed by atoms with Crippen LogP contribution < -0.4 is 0 Å². The number of nitrogens with zero attached hydrogens (tertiary/aromatic N) is 2. The number of hydrogen-bond donors (Lipinski definition) is 2. The van der Waals surface area contributed by atoms with Crippen molar-refractivity contribution in [1.29, 1.82) is 0 Å². The molecule has 3 heterocycles. The molecular weight excluding hydrogens is 478 g/mol. The summed E-state index contributed by atoms with van der Waals surface area (Å²) in [5.41, 5.74) is 5.50. The highest BCUT2D eigenvalue weighted by atomic mass is 32.2. The molecule has 0 bridgehead atoms. The highest BCUT2D eigenvalue weighted by molar-refractivity contribution is 7.99. The number of hydrogen-bond acceptors (Lipinski definition) is 3. The first-order valence-electron chi connectivity index (χ1n) is 12.5. The van der Waals surface area contributed by atoms with E-state index in [9.17, 15) is 9.90 Å². The molecule has 184 valence electrons. The first kappa shape index (κ1) is 23.5. The van der Waals surface area contributed by atoms with Crippen LogP contribution in [0, 0.1) is 11.8 Å². The standard InChI is InChI=1S/C31H27N3O2S/c35-31(36)27-3-1-2-24(30(27)26-8-7-23-10-12-32-28(23)21-26)6-4-22-5-9-29-25(20-22)11-13-34(29)15-14-33-16-18-37-19-17-33/h1-3,5,7-13,20-21,32H,14-19H2,(H,35,36). The first-order valence-corrected chi connectivity index (χ1v) is 13.7. The number of aromatic nitrogens is 2. The van der Waals surface area contributed by atoms with Gasteiger partial charge >= 0.3 is 5.97 Å². The summed E-state index contributed by atoms with van der Waals surface area (Å²) in [5, 5.41) is 12.1. The van der Waals surface area contributed by atoms with Gasteiger partial charge in [0.2, 0.25) is 0 Å². The fourth-order valence-corrected chi connectivity index (χ4v) is 6.01. The minimum Gasteiger partial charge on any atom is -0.478 e. The van der Waals surface area contributed by atoms with Gasteiger partial charge in [-0.25, -0.2) is 4.79 Å². The number of fused-ring (bicyclic) bond motifs is 2. The maximum absolute atomic E-state index is 12.1. The quantitative estimate of drug-likeness (QED) is 0.291. The summed E-state index contributed by atoms with van der Waals surface area (Å²) < 4.78 is 2.32. The van der Waals surface area contributed by atoms with E-state index in [0.29, 0.717) is 11.1 Å². The smallest absolute Gasteiger partial charge is 0.336 e. The summed E-state index contributed by atoms with van der Waals surface area (Å²) in [5.74, 6) is 8.04. The van der Waals surface area contributed by atoms with Crippen molar-refractivity contribution in [3.05, 3.63) is 95.8 Å². The van der Waals surface area contributed by atoms with Crippen LogP contribution in [0.4, 0.5) is 0 Å². The second-order valence-corrected chi connectivity index (χ2v) is 10.5. The van der Waals surface area contributed by atoms with Crippen LogP contribution in [0.3, 0.4) is 0 Å². The Balaban J connectivity index is 1.31. The zero-order valence-electron chi connectivity index (χ0n) is 20.4. The van der Waals surface area contributed by atoms with Crippen LogP contribution >= 0.6 is 11.8 Å². The molecule has 6 heteroatoms. The Bertz CT molecular complexity index is 1660. The molecular formula is C31H27N3O2S. The molecule has 1 saturated heterocycles. The molecule has 6 rings (SSSR count). The van der Waals surface area contributed by atoms with Gasteiger partial charge in [0.05, 0.1) is 5.56 Å². The van der Waals surface area contributed by atoms with Gasteiger partial charge in [-0.15, -0.1) is 0 Å². The Morgan fingerprint density at radius 2 is 1.84 bits per heavy atom. The van der Waals surface area contributed by atoms with E-state index in [0.717, 1.165) is 40.5 Å². The molecule has 3 aromatic carbocycles. The van der Waals surface area contributed by atoms with Crippen molar-refractivity contribution in [2.75, 3.05) is 31.1 Å². The molecule has 37 heavy (non-hydrogen) atoms. The second-order valence-electron chi connectivity index (χ2n) is 9.30. The molecule has 0 amide bonds. The number of H-pyrrole nitrogens is 1. The molecule has 1 fully saturated rings. The van der Waals surface area contributed by atoms with E-state index in [1.165, 1.54) is 30.1 Å². The Labute approximate surface area is 220 Å². The molecule has 0 spiro atoms. The minimum atomic E-state index is -0.962. The number of rotatable bonds is 5. The predicted octanol–water partition coefficient (Wildman–Crippen LogP) is 5.94. The molecule has 1 aliphatic rings. The van der Waals surface area contributed by atoms with Gasteiger partial charge < -0.3 is 14.7 Å². The number of carboxylic acids is 1. The predicted molar refractivity (Wildman–Crippen MR) is 152 cm³/mol. The second kappa shape index (κ2) is 10.2. The van der Waals surface area contributed by atoms with E-state index in [4.69, 9.17) is 0 Å². The maximum Gasteiger partial charge on any atom is 0.336 e. The molecule has 1 aliphatic heterocycles. The molecule has 5 nitrogen and oxygen atoms in total. The van der Waals surface area contributed by atoms with E-state index in [1.807, 2.05) is 48.3 Å². The monoisotopic (exact) mass is 505 g/mol. The summed E-state index contributed by atoms with van der Waals surface area (Å²) >= 11 is 2.04. The maximum atomic E-state index is 12.1. The van der Waals surface area contributed by atoms with Gasteiger partial charge in [0.25, 0.3) is 0 Å². The van der Waals surface area contributed by atoms with Crippen molar-refractivity contribution in [3.8, 4) is 23.0 Å². The van der Waals surface area contributed by atoms with Crippen molar-refractivity contribution < 1.29 is 9.90 Å². The van der Waals surface area contributed by atoms with Gasteiger partial charge in [-0.3, -0.25) is 4.90 Å². The average molecular weight is 506 g/mol. The molecule has 0 radical (unpaired) electrons.